The summed E-state index contributed by atoms with van der Waals surface area (Å²) in [6.45, 7) is 5.62. The molecule has 0 aromatic heterocycles. The Balaban J connectivity index is 0.00000289. The van der Waals surface area contributed by atoms with E-state index >= 15 is 0 Å². The zero-order chi connectivity index (χ0) is 13.2. The first-order valence-corrected chi connectivity index (χ1v) is 6.16. The maximum atomic E-state index is 13.7. The van der Waals surface area contributed by atoms with Crippen molar-refractivity contribution in [2.24, 2.45) is 11.7 Å². The predicted octanol–water partition coefficient (Wildman–Crippen LogP) is 3.62. The summed E-state index contributed by atoms with van der Waals surface area (Å²) in [4.78, 5) is 0. The Morgan fingerprint density at radius 2 is 2.00 bits per heavy atom. The van der Waals surface area contributed by atoms with Crippen molar-refractivity contribution in [1.29, 1.82) is 0 Å². The fourth-order valence-electron chi connectivity index (χ4n) is 1.75. The Morgan fingerprint density at radius 1 is 1.44 bits per heavy atom. The van der Waals surface area contributed by atoms with Gasteiger partial charge in [0.25, 0.3) is 0 Å². The van der Waals surface area contributed by atoms with Gasteiger partial charge in [0, 0.05) is 5.56 Å². The largest absolute Gasteiger partial charge is 0.391 e. The Bertz CT molecular complexity index is 401. The molecule has 0 bridgehead atoms. The van der Waals surface area contributed by atoms with Crippen LogP contribution in [-0.2, 0) is 0 Å². The lowest BCUT2D eigenvalue weighted by Gasteiger charge is -2.25. The first-order chi connectivity index (χ1) is 7.90. The van der Waals surface area contributed by atoms with Crippen LogP contribution in [0, 0.1) is 18.7 Å². The molecule has 2 nitrogen and oxygen atoms in total. The molecule has 0 amide bonds. The number of nitrogens with two attached hydrogens (primary N) is 1. The number of hydrogen-bond donors (Lipinski definition) is 2. The highest BCUT2D eigenvalue weighted by atomic mass is 35.5. The Kier molecular flexibility index (Phi) is 7.15. The number of hydrogen-bond acceptors (Lipinski definition) is 2. The lowest BCUT2D eigenvalue weighted by molar-refractivity contribution is 0.0867. The molecule has 0 saturated heterocycles. The van der Waals surface area contributed by atoms with Gasteiger partial charge in [-0.25, -0.2) is 4.39 Å². The van der Waals surface area contributed by atoms with Crippen molar-refractivity contribution in [2.75, 3.05) is 0 Å². The Labute approximate surface area is 119 Å². The molecular formula is C13H20Cl2FNO. The Morgan fingerprint density at radius 3 is 2.50 bits per heavy atom. The molecule has 1 unspecified atom stereocenters. The monoisotopic (exact) mass is 295 g/mol. The minimum atomic E-state index is -0.797. The highest BCUT2D eigenvalue weighted by Gasteiger charge is 2.26. The zero-order valence-electron chi connectivity index (χ0n) is 10.8. The summed E-state index contributed by atoms with van der Waals surface area (Å²) in [7, 11) is 0. The number of benzene rings is 1. The molecule has 0 aliphatic heterocycles. The van der Waals surface area contributed by atoms with E-state index in [1.165, 1.54) is 6.07 Å². The van der Waals surface area contributed by atoms with Crippen LogP contribution in [0.25, 0.3) is 0 Å². The molecule has 18 heavy (non-hydrogen) atoms. The second-order valence-corrected chi connectivity index (χ2v) is 4.87. The topological polar surface area (TPSA) is 46.2 Å². The van der Waals surface area contributed by atoms with Crippen LogP contribution < -0.4 is 5.73 Å². The molecule has 0 radical (unpaired) electrons. The fraction of sp³-hybridized carbons (Fsp3) is 0.538. The molecule has 1 aromatic rings. The first kappa shape index (κ1) is 17.6. The van der Waals surface area contributed by atoms with Crippen molar-refractivity contribution in [1.82, 2.24) is 0 Å². The van der Waals surface area contributed by atoms with Crippen LogP contribution in [0.15, 0.2) is 12.1 Å². The molecular weight excluding hydrogens is 276 g/mol. The molecule has 0 aliphatic carbocycles. The maximum Gasteiger partial charge on any atom is 0.129 e. The van der Waals surface area contributed by atoms with Gasteiger partial charge in [0.05, 0.1) is 17.2 Å². The molecule has 104 valence electrons. The minimum absolute atomic E-state index is 0. The lowest BCUT2D eigenvalue weighted by atomic mass is 9.90. The molecule has 0 saturated carbocycles. The second kappa shape index (κ2) is 7.29. The molecule has 0 aliphatic rings. The van der Waals surface area contributed by atoms with Gasteiger partial charge < -0.3 is 10.8 Å². The maximum absolute atomic E-state index is 13.7. The standard InChI is InChI=1S/C13H19ClFNO.ClH/c1-4-7(2)13(17)12(16)10-9(15)6-5-8(3)11(10)14;/h5-7,12-13,17H,4,16H2,1-3H3;1H/t7?,12-,13+;/m0./s1. The zero-order valence-corrected chi connectivity index (χ0v) is 12.4. The van der Waals surface area contributed by atoms with Gasteiger partial charge in [-0.3, -0.25) is 0 Å². The molecule has 3 atom stereocenters. The van der Waals surface area contributed by atoms with E-state index in [4.69, 9.17) is 17.3 Å². The summed E-state index contributed by atoms with van der Waals surface area (Å²) in [6, 6.07) is 2.14. The number of aliphatic hydroxyl groups is 1. The summed E-state index contributed by atoms with van der Waals surface area (Å²) in [5.41, 5.74) is 6.88. The number of halogens is 3. The van der Waals surface area contributed by atoms with E-state index in [1.807, 2.05) is 13.8 Å². The van der Waals surface area contributed by atoms with Crippen molar-refractivity contribution in [3.05, 3.63) is 34.1 Å². The normalized spacial score (nSPS) is 15.7. The third-order valence-corrected chi connectivity index (χ3v) is 3.75. The van der Waals surface area contributed by atoms with Gasteiger partial charge in [-0.2, -0.15) is 0 Å². The van der Waals surface area contributed by atoms with Crippen LogP contribution in [0.5, 0.6) is 0 Å². The fourth-order valence-corrected chi connectivity index (χ4v) is 2.03. The van der Waals surface area contributed by atoms with E-state index in [2.05, 4.69) is 0 Å². The summed E-state index contributed by atoms with van der Waals surface area (Å²) < 4.78 is 13.7. The third-order valence-electron chi connectivity index (χ3n) is 3.25. The van der Waals surface area contributed by atoms with E-state index in [-0.39, 0.29) is 23.9 Å². The highest BCUT2D eigenvalue weighted by molar-refractivity contribution is 6.32. The number of aliphatic hydroxyl groups excluding tert-OH is 1. The van der Waals surface area contributed by atoms with Gasteiger partial charge in [-0.1, -0.05) is 37.9 Å². The van der Waals surface area contributed by atoms with Gasteiger partial charge in [-0.15, -0.1) is 12.4 Å². The van der Waals surface area contributed by atoms with Gasteiger partial charge in [0.2, 0.25) is 0 Å². The van der Waals surface area contributed by atoms with Crippen molar-refractivity contribution in [2.45, 2.75) is 39.3 Å². The molecule has 1 aromatic carbocycles. The SMILES string of the molecule is CCC(C)[C@@H](O)[C@@H](N)c1c(F)ccc(C)c1Cl.Cl. The van der Waals surface area contributed by atoms with Gasteiger partial charge in [0.1, 0.15) is 5.82 Å². The molecule has 0 fully saturated rings. The molecule has 3 N–H and O–H groups in total. The number of aryl methyl sites for hydroxylation is 1. The summed E-state index contributed by atoms with van der Waals surface area (Å²) in [5.74, 6) is -0.462. The summed E-state index contributed by atoms with van der Waals surface area (Å²) in [5, 5.41) is 10.3. The van der Waals surface area contributed by atoms with Gasteiger partial charge >= 0.3 is 0 Å². The summed E-state index contributed by atoms with van der Waals surface area (Å²) >= 11 is 6.05. The highest BCUT2D eigenvalue weighted by Crippen LogP contribution is 2.31. The molecule has 5 heteroatoms. The summed E-state index contributed by atoms with van der Waals surface area (Å²) in [6.07, 6.45) is -0.0197. The minimum Gasteiger partial charge on any atom is -0.391 e. The van der Waals surface area contributed by atoms with E-state index in [0.29, 0.717) is 5.02 Å². The average molecular weight is 296 g/mol. The van der Waals surface area contributed by atoms with Crippen LogP contribution in [0.1, 0.15) is 37.4 Å². The quantitative estimate of drug-likeness (QED) is 0.891. The Hall–Kier alpha value is -0.350. The van der Waals surface area contributed by atoms with Crippen molar-refractivity contribution >= 4 is 24.0 Å². The van der Waals surface area contributed by atoms with Gasteiger partial charge in [-0.05, 0) is 24.5 Å². The van der Waals surface area contributed by atoms with Crippen LogP contribution in [0.3, 0.4) is 0 Å². The average Bonchev–Trinajstić information content (AvgIpc) is 2.32. The predicted molar refractivity (Wildman–Crippen MR) is 75.8 cm³/mol. The molecule has 0 spiro atoms. The van der Waals surface area contributed by atoms with Crippen molar-refractivity contribution in [3.63, 3.8) is 0 Å². The first-order valence-electron chi connectivity index (χ1n) is 5.78. The van der Waals surface area contributed by atoms with Crippen molar-refractivity contribution in [3.8, 4) is 0 Å². The number of rotatable bonds is 4. The van der Waals surface area contributed by atoms with Crippen LogP contribution in [0.2, 0.25) is 5.02 Å². The van der Waals surface area contributed by atoms with E-state index in [0.717, 1.165) is 12.0 Å². The van der Waals surface area contributed by atoms with Crippen LogP contribution in [-0.4, -0.2) is 11.2 Å². The van der Waals surface area contributed by atoms with Crippen LogP contribution >= 0.6 is 24.0 Å². The smallest absolute Gasteiger partial charge is 0.129 e. The van der Waals surface area contributed by atoms with Crippen LogP contribution in [0.4, 0.5) is 4.39 Å². The van der Waals surface area contributed by atoms with E-state index in [1.54, 1.807) is 13.0 Å². The van der Waals surface area contributed by atoms with Gasteiger partial charge in [0.15, 0.2) is 0 Å². The third kappa shape index (κ3) is 3.58. The second-order valence-electron chi connectivity index (χ2n) is 4.49. The molecule has 1 rings (SSSR count). The lowest BCUT2D eigenvalue weighted by Crippen LogP contribution is -2.32. The van der Waals surface area contributed by atoms with E-state index < -0.39 is 18.0 Å². The molecule has 0 heterocycles. The van der Waals surface area contributed by atoms with E-state index in [9.17, 15) is 9.50 Å². The van der Waals surface area contributed by atoms with Crippen molar-refractivity contribution < 1.29 is 9.50 Å².